The fourth-order valence-corrected chi connectivity index (χ4v) is 2.33. The molecule has 2 aromatic carbocycles. The van der Waals surface area contributed by atoms with Gasteiger partial charge in [0.25, 0.3) is 0 Å². The highest BCUT2D eigenvalue weighted by atomic mass is 16.5. The van der Waals surface area contributed by atoms with Crippen molar-refractivity contribution in [3.8, 4) is 5.75 Å². The van der Waals surface area contributed by atoms with Crippen molar-refractivity contribution in [3.05, 3.63) is 65.7 Å². The van der Waals surface area contributed by atoms with Gasteiger partial charge in [-0.15, -0.1) is 0 Å². The second-order valence-corrected chi connectivity index (χ2v) is 5.05. The van der Waals surface area contributed by atoms with E-state index in [1.807, 2.05) is 43.4 Å². The Bertz CT molecular complexity index is 611. The summed E-state index contributed by atoms with van der Waals surface area (Å²) in [5.41, 5.74) is 2.37. The highest BCUT2D eigenvalue weighted by Crippen LogP contribution is 2.18. The molecule has 0 aliphatic rings. The zero-order valence-corrected chi connectivity index (χ0v) is 13.4. The summed E-state index contributed by atoms with van der Waals surface area (Å²) in [7, 11) is 5.51. The monoisotopic (exact) mass is 297 g/mol. The number of ether oxygens (including phenoxy) is 1. The Kier molecular flexibility index (Phi) is 5.83. The molecule has 0 spiro atoms. The van der Waals surface area contributed by atoms with Gasteiger partial charge in [0.05, 0.1) is 7.11 Å². The van der Waals surface area contributed by atoms with Gasteiger partial charge in [0, 0.05) is 32.7 Å². The van der Waals surface area contributed by atoms with Gasteiger partial charge in [0.2, 0.25) is 0 Å². The fraction of sp³-hybridized carbons (Fsp3) is 0.278. The van der Waals surface area contributed by atoms with Crippen LogP contribution in [0, 0.1) is 0 Å². The maximum Gasteiger partial charge on any atom is 0.193 e. The topological polar surface area (TPSA) is 36.9 Å². The van der Waals surface area contributed by atoms with E-state index in [1.54, 1.807) is 14.2 Å². The van der Waals surface area contributed by atoms with Crippen molar-refractivity contribution < 1.29 is 4.74 Å². The quantitative estimate of drug-likeness (QED) is 0.681. The predicted molar refractivity (Wildman–Crippen MR) is 91.1 cm³/mol. The van der Waals surface area contributed by atoms with Crippen LogP contribution in [0.15, 0.2) is 59.6 Å². The second-order valence-electron chi connectivity index (χ2n) is 5.05. The number of methoxy groups -OCH3 is 1. The number of hydrogen-bond acceptors (Lipinski definition) is 2. The molecule has 0 aliphatic heterocycles. The third-order valence-electron chi connectivity index (χ3n) is 3.47. The largest absolute Gasteiger partial charge is 0.496 e. The predicted octanol–water partition coefficient (Wildman–Crippen LogP) is 2.90. The molecule has 116 valence electrons. The molecule has 0 atom stereocenters. The molecule has 0 saturated carbocycles. The molecule has 0 bridgehead atoms. The van der Waals surface area contributed by atoms with Crippen molar-refractivity contribution in [3.63, 3.8) is 0 Å². The van der Waals surface area contributed by atoms with Crippen LogP contribution >= 0.6 is 0 Å². The molecule has 0 unspecified atom stereocenters. The van der Waals surface area contributed by atoms with E-state index in [4.69, 9.17) is 4.74 Å². The molecule has 1 N–H and O–H groups in total. The summed E-state index contributed by atoms with van der Waals surface area (Å²) in [6.07, 6.45) is 0. The Balaban J connectivity index is 1.98. The van der Waals surface area contributed by atoms with Gasteiger partial charge in [0.15, 0.2) is 5.96 Å². The molecule has 4 heteroatoms. The van der Waals surface area contributed by atoms with Crippen LogP contribution in [0.25, 0.3) is 0 Å². The lowest BCUT2D eigenvalue weighted by Crippen LogP contribution is -2.38. The summed E-state index contributed by atoms with van der Waals surface area (Å²) < 4.78 is 5.40. The van der Waals surface area contributed by atoms with Gasteiger partial charge in [-0.05, 0) is 11.6 Å². The van der Waals surface area contributed by atoms with Gasteiger partial charge in [-0.3, -0.25) is 4.99 Å². The number of benzene rings is 2. The van der Waals surface area contributed by atoms with Crippen LogP contribution in [0.1, 0.15) is 11.1 Å². The first-order valence-electron chi connectivity index (χ1n) is 7.32. The summed E-state index contributed by atoms with van der Waals surface area (Å²) in [5, 5.41) is 3.38. The summed E-state index contributed by atoms with van der Waals surface area (Å²) in [4.78, 5) is 6.43. The molecule has 0 radical (unpaired) electrons. The Labute approximate surface area is 132 Å². The number of nitrogens with one attached hydrogen (secondary N) is 1. The normalized spacial score (nSPS) is 11.1. The number of nitrogens with zero attached hydrogens (tertiary/aromatic N) is 2. The molecule has 0 heterocycles. The standard InChI is InChI=1S/C18H23N3O/c1-19-18(20-13-15-9-5-4-6-10-15)21(2)14-16-11-7-8-12-17(16)22-3/h4-12H,13-14H2,1-3H3,(H,19,20). The molecule has 0 aliphatic carbocycles. The highest BCUT2D eigenvalue weighted by molar-refractivity contribution is 5.79. The van der Waals surface area contributed by atoms with Gasteiger partial charge < -0.3 is 15.0 Å². The number of aliphatic imine (C=N–C) groups is 1. The fourth-order valence-electron chi connectivity index (χ4n) is 2.33. The van der Waals surface area contributed by atoms with Gasteiger partial charge in [-0.2, -0.15) is 0 Å². The van der Waals surface area contributed by atoms with Crippen LogP contribution in [-0.2, 0) is 13.1 Å². The average Bonchev–Trinajstić information content (AvgIpc) is 2.57. The van der Waals surface area contributed by atoms with Crippen LogP contribution in [0.2, 0.25) is 0 Å². The van der Waals surface area contributed by atoms with Crippen molar-refractivity contribution in [1.29, 1.82) is 0 Å². The van der Waals surface area contributed by atoms with Crippen LogP contribution < -0.4 is 10.1 Å². The number of guanidine groups is 1. The van der Waals surface area contributed by atoms with E-state index in [1.165, 1.54) is 5.56 Å². The second kappa shape index (κ2) is 8.08. The lowest BCUT2D eigenvalue weighted by Gasteiger charge is -2.23. The van der Waals surface area contributed by atoms with E-state index in [0.29, 0.717) is 0 Å². The summed E-state index contributed by atoms with van der Waals surface area (Å²) in [6.45, 7) is 1.49. The van der Waals surface area contributed by atoms with Crippen LogP contribution in [-0.4, -0.2) is 32.1 Å². The average molecular weight is 297 g/mol. The zero-order valence-electron chi connectivity index (χ0n) is 13.4. The molecule has 0 aromatic heterocycles. The summed E-state index contributed by atoms with van der Waals surface area (Å²) in [5.74, 6) is 1.75. The van der Waals surface area contributed by atoms with E-state index in [2.05, 4.69) is 33.4 Å². The minimum atomic E-state index is 0.735. The van der Waals surface area contributed by atoms with Crippen molar-refractivity contribution >= 4 is 5.96 Å². The molecule has 0 amide bonds. The molecule has 0 fully saturated rings. The van der Waals surface area contributed by atoms with Gasteiger partial charge >= 0.3 is 0 Å². The minimum Gasteiger partial charge on any atom is -0.496 e. The number of para-hydroxylation sites is 1. The zero-order chi connectivity index (χ0) is 15.8. The van der Waals surface area contributed by atoms with E-state index < -0.39 is 0 Å². The smallest absolute Gasteiger partial charge is 0.193 e. The maximum absolute atomic E-state index is 5.40. The van der Waals surface area contributed by atoms with Crippen molar-refractivity contribution in [2.24, 2.45) is 4.99 Å². The van der Waals surface area contributed by atoms with E-state index in [-0.39, 0.29) is 0 Å². The number of hydrogen-bond donors (Lipinski definition) is 1. The lowest BCUT2D eigenvalue weighted by atomic mass is 10.2. The molecule has 0 saturated heterocycles. The van der Waals surface area contributed by atoms with Gasteiger partial charge in [0.1, 0.15) is 5.75 Å². The van der Waals surface area contributed by atoms with E-state index >= 15 is 0 Å². The third-order valence-corrected chi connectivity index (χ3v) is 3.47. The lowest BCUT2D eigenvalue weighted by molar-refractivity contribution is 0.396. The first-order chi connectivity index (χ1) is 10.7. The Hall–Kier alpha value is -2.49. The Morgan fingerprint density at radius 1 is 1.09 bits per heavy atom. The molecule has 2 rings (SSSR count). The SMILES string of the molecule is CN=C(NCc1ccccc1)N(C)Cc1ccccc1OC. The van der Waals surface area contributed by atoms with Crippen molar-refractivity contribution in [2.45, 2.75) is 13.1 Å². The number of rotatable bonds is 5. The third kappa shape index (κ3) is 4.25. The molecular weight excluding hydrogens is 274 g/mol. The highest BCUT2D eigenvalue weighted by Gasteiger charge is 2.09. The Morgan fingerprint density at radius 3 is 2.45 bits per heavy atom. The van der Waals surface area contributed by atoms with E-state index in [0.717, 1.165) is 30.4 Å². The van der Waals surface area contributed by atoms with Crippen LogP contribution in [0.5, 0.6) is 5.75 Å². The molecule has 22 heavy (non-hydrogen) atoms. The van der Waals surface area contributed by atoms with Crippen molar-refractivity contribution in [1.82, 2.24) is 10.2 Å². The summed E-state index contributed by atoms with van der Waals surface area (Å²) in [6, 6.07) is 18.3. The summed E-state index contributed by atoms with van der Waals surface area (Å²) >= 11 is 0. The van der Waals surface area contributed by atoms with Crippen molar-refractivity contribution in [2.75, 3.05) is 21.2 Å². The molecule has 4 nitrogen and oxygen atoms in total. The molecular formula is C18H23N3O. The Morgan fingerprint density at radius 2 is 1.77 bits per heavy atom. The first-order valence-corrected chi connectivity index (χ1v) is 7.32. The minimum absolute atomic E-state index is 0.735. The first kappa shape index (κ1) is 15.9. The maximum atomic E-state index is 5.40. The molecule has 2 aromatic rings. The van der Waals surface area contributed by atoms with E-state index in [9.17, 15) is 0 Å². The van der Waals surface area contributed by atoms with Crippen LogP contribution in [0.4, 0.5) is 0 Å². The van der Waals surface area contributed by atoms with Gasteiger partial charge in [-0.25, -0.2) is 0 Å². The van der Waals surface area contributed by atoms with Gasteiger partial charge in [-0.1, -0.05) is 48.5 Å². The van der Waals surface area contributed by atoms with Crippen LogP contribution in [0.3, 0.4) is 0 Å².